The van der Waals surface area contributed by atoms with Gasteiger partial charge in [0.05, 0.1) is 22.9 Å². The first-order valence-electron chi connectivity index (χ1n) is 7.76. The van der Waals surface area contributed by atoms with E-state index in [1.54, 1.807) is 0 Å². The SMILES string of the molecule is Cn1ccc2cccc(NCC(O)CC3(O)CCCC3)c21. The highest BCUT2D eigenvalue weighted by Crippen LogP contribution is 2.33. The number of nitrogens with zero attached hydrogens (tertiary/aromatic N) is 1. The van der Waals surface area contributed by atoms with Crippen LogP contribution in [-0.4, -0.2) is 33.0 Å². The number of aryl methyl sites for hydroxylation is 1. The predicted octanol–water partition coefficient (Wildman–Crippen LogP) is 2.65. The highest BCUT2D eigenvalue weighted by atomic mass is 16.3. The zero-order chi connectivity index (χ0) is 14.9. The number of rotatable bonds is 5. The number of anilines is 1. The summed E-state index contributed by atoms with van der Waals surface area (Å²) in [6.07, 6.45) is 5.74. The van der Waals surface area contributed by atoms with E-state index in [0.717, 1.165) is 36.9 Å². The number of nitrogens with one attached hydrogen (secondary N) is 1. The topological polar surface area (TPSA) is 57.4 Å². The minimum Gasteiger partial charge on any atom is -0.391 e. The molecule has 3 N–H and O–H groups in total. The number of benzene rings is 1. The fourth-order valence-electron chi connectivity index (χ4n) is 3.47. The van der Waals surface area contributed by atoms with Crippen LogP contribution in [0.5, 0.6) is 0 Å². The van der Waals surface area contributed by atoms with Gasteiger partial charge < -0.3 is 20.1 Å². The number of aliphatic hydroxyl groups is 2. The fraction of sp³-hybridized carbons (Fsp3) is 0.529. The van der Waals surface area contributed by atoms with Gasteiger partial charge in [-0.2, -0.15) is 0 Å². The molecule has 21 heavy (non-hydrogen) atoms. The molecule has 1 aromatic heterocycles. The van der Waals surface area contributed by atoms with E-state index in [1.807, 2.05) is 25.4 Å². The van der Waals surface area contributed by atoms with Crippen molar-refractivity contribution < 1.29 is 10.2 Å². The largest absolute Gasteiger partial charge is 0.391 e. The van der Waals surface area contributed by atoms with Gasteiger partial charge in [0.25, 0.3) is 0 Å². The second-order valence-corrected chi connectivity index (χ2v) is 6.34. The van der Waals surface area contributed by atoms with Gasteiger partial charge in [-0.1, -0.05) is 25.0 Å². The number of hydrogen-bond acceptors (Lipinski definition) is 3. The number of aliphatic hydroxyl groups excluding tert-OH is 1. The maximum absolute atomic E-state index is 10.3. The molecule has 1 fully saturated rings. The summed E-state index contributed by atoms with van der Waals surface area (Å²) in [5.74, 6) is 0. The van der Waals surface area contributed by atoms with E-state index in [0.29, 0.717) is 13.0 Å². The highest BCUT2D eigenvalue weighted by Gasteiger charge is 2.33. The van der Waals surface area contributed by atoms with Gasteiger partial charge >= 0.3 is 0 Å². The van der Waals surface area contributed by atoms with Crippen molar-refractivity contribution in [1.29, 1.82) is 0 Å². The van der Waals surface area contributed by atoms with Crippen molar-refractivity contribution in [3.05, 3.63) is 30.5 Å². The second-order valence-electron chi connectivity index (χ2n) is 6.34. The third-order valence-electron chi connectivity index (χ3n) is 4.58. The standard InChI is InChI=1S/C17H24N2O2/c1-19-10-7-13-5-4-6-15(16(13)19)18-12-14(20)11-17(21)8-2-3-9-17/h4-7,10,14,18,20-21H,2-3,8-9,11-12H2,1H3. The molecule has 2 aromatic rings. The number of para-hydroxylation sites is 1. The molecule has 0 aliphatic heterocycles. The highest BCUT2D eigenvalue weighted by molar-refractivity contribution is 5.91. The van der Waals surface area contributed by atoms with Crippen LogP contribution in [0.1, 0.15) is 32.1 Å². The molecule has 1 aliphatic rings. The Morgan fingerprint density at radius 3 is 2.81 bits per heavy atom. The average molecular weight is 288 g/mol. The van der Waals surface area contributed by atoms with Crippen molar-refractivity contribution >= 4 is 16.6 Å². The summed E-state index contributed by atoms with van der Waals surface area (Å²) in [5, 5.41) is 25.1. The van der Waals surface area contributed by atoms with Gasteiger partial charge in [0, 0.05) is 31.6 Å². The Hall–Kier alpha value is -1.52. The van der Waals surface area contributed by atoms with Crippen molar-refractivity contribution in [3.63, 3.8) is 0 Å². The first kappa shape index (κ1) is 14.4. The second kappa shape index (κ2) is 5.70. The Kier molecular flexibility index (Phi) is 3.91. The van der Waals surface area contributed by atoms with Crippen molar-refractivity contribution in [3.8, 4) is 0 Å². The minimum absolute atomic E-state index is 0.461. The number of aromatic nitrogens is 1. The molecule has 1 unspecified atom stereocenters. The van der Waals surface area contributed by atoms with Crippen molar-refractivity contribution in [2.45, 2.75) is 43.8 Å². The lowest BCUT2D eigenvalue weighted by Crippen LogP contribution is -2.33. The van der Waals surface area contributed by atoms with E-state index in [-0.39, 0.29) is 0 Å². The molecule has 4 nitrogen and oxygen atoms in total. The lowest BCUT2D eigenvalue weighted by Gasteiger charge is -2.25. The van der Waals surface area contributed by atoms with Crippen molar-refractivity contribution in [2.24, 2.45) is 7.05 Å². The summed E-state index contributed by atoms with van der Waals surface area (Å²) in [6.45, 7) is 0.465. The normalized spacial score (nSPS) is 19.0. The third-order valence-corrected chi connectivity index (χ3v) is 4.58. The van der Waals surface area contributed by atoms with Crippen LogP contribution in [0.4, 0.5) is 5.69 Å². The van der Waals surface area contributed by atoms with E-state index in [9.17, 15) is 10.2 Å². The fourth-order valence-corrected chi connectivity index (χ4v) is 3.47. The molecule has 4 heteroatoms. The van der Waals surface area contributed by atoms with Gasteiger partial charge in [0.2, 0.25) is 0 Å². The molecule has 0 bridgehead atoms. The molecular formula is C17H24N2O2. The summed E-state index contributed by atoms with van der Waals surface area (Å²) in [7, 11) is 2.02. The van der Waals surface area contributed by atoms with Crippen molar-refractivity contribution in [1.82, 2.24) is 4.57 Å². The van der Waals surface area contributed by atoms with E-state index in [1.165, 1.54) is 5.39 Å². The summed E-state index contributed by atoms with van der Waals surface area (Å²) >= 11 is 0. The van der Waals surface area contributed by atoms with Gasteiger partial charge in [0.15, 0.2) is 0 Å². The maximum atomic E-state index is 10.3. The zero-order valence-electron chi connectivity index (χ0n) is 12.5. The van der Waals surface area contributed by atoms with E-state index >= 15 is 0 Å². The van der Waals surface area contributed by atoms with Gasteiger partial charge in [-0.05, 0) is 25.0 Å². The molecule has 0 saturated heterocycles. The first-order chi connectivity index (χ1) is 10.1. The van der Waals surface area contributed by atoms with Crippen LogP contribution in [0.15, 0.2) is 30.5 Å². The lowest BCUT2D eigenvalue weighted by atomic mass is 9.94. The number of fused-ring (bicyclic) bond motifs is 1. The van der Waals surface area contributed by atoms with Crippen LogP contribution in [0.25, 0.3) is 10.9 Å². The Labute approximate surface area is 125 Å². The van der Waals surface area contributed by atoms with Crippen LogP contribution in [0, 0.1) is 0 Å². The molecule has 114 valence electrons. The predicted molar refractivity (Wildman–Crippen MR) is 85.5 cm³/mol. The Morgan fingerprint density at radius 1 is 1.29 bits per heavy atom. The Bertz CT molecular complexity index is 614. The first-order valence-corrected chi connectivity index (χ1v) is 7.76. The molecule has 1 aromatic carbocycles. The van der Waals surface area contributed by atoms with Gasteiger partial charge in [-0.15, -0.1) is 0 Å². The Balaban J connectivity index is 1.65. The molecule has 1 heterocycles. The van der Waals surface area contributed by atoms with Crippen LogP contribution in [0.2, 0.25) is 0 Å². The third kappa shape index (κ3) is 3.06. The lowest BCUT2D eigenvalue weighted by molar-refractivity contribution is -0.00153. The van der Waals surface area contributed by atoms with Crippen LogP contribution >= 0.6 is 0 Å². The molecule has 1 atom stereocenters. The monoisotopic (exact) mass is 288 g/mol. The average Bonchev–Trinajstić information content (AvgIpc) is 3.04. The van der Waals surface area contributed by atoms with E-state index in [4.69, 9.17) is 0 Å². The van der Waals surface area contributed by atoms with Crippen LogP contribution in [0.3, 0.4) is 0 Å². The van der Waals surface area contributed by atoms with Crippen LogP contribution in [-0.2, 0) is 7.05 Å². The molecule has 1 saturated carbocycles. The zero-order valence-corrected chi connectivity index (χ0v) is 12.5. The quantitative estimate of drug-likeness (QED) is 0.793. The van der Waals surface area contributed by atoms with Gasteiger partial charge in [-0.3, -0.25) is 0 Å². The maximum Gasteiger partial charge on any atom is 0.0739 e. The summed E-state index contributed by atoms with van der Waals surface area (Å²) < 4.78 is 2.08. The summed E-state index contributed by atoms with van der Waals surface area (Å²) in [5.41, 5.74) is 1.51. The molecular weight excluding hydrogens is 264 g/mol. The van der Waals surface area contributed by atoms with Gasteiger partial charge in [-0.25, -0.2) is 0 Å². The molecule has 3 rings (SSSR count). The Morgan fingerprint density at radius 2 is 2.05 bits per heavy atom. The van der Waals surface area contributed by atoms with E-state index < -0.39 is 11.7 Å². The van der Waals surface area contributed by atoms with Crippen molar-refractivity contribution in [2.75, 3.05) is 11.9 Å². The molecule has 1 aliphatic carbocycles. The number of hydrogen-bond donors (Lipinski definition) is 3. The molecule has 0 radical (unpaired) electrons. The molecule has 0 amide bonds. The molecule has 0 spiro atoms. The van der Waals surface area contributed by atoms with Crippen LogP contribution < -0.4 is 5.32 Å². The summed E-state index contributed by atoms with van der Waals surface area (Å²) in [4.78, 5) is 0. The summed E-state index contributed by atoms with van der Waals surface area (Å²) in [6, 6.07) is 8.21. The van der Waals surface area contributed by atoms with Gasteiger partial charge in [0.1, 0.15) is 0 Å². The van der Waals surface area contributed by atoms with E-state index in [2.05, 4.69) is 22.0 Å². The minimum atomic E-state index is -0.655. The smallest absolute Gasteiger partial charge is 0.0739 e.